The molecule has 2 aliphatic carbocycles. The summed E-state index contributed by atoms with van der Waals surface area (Å²) in [6, 6.07) is 3.53. The van der Waals surface area contributed by atoms with Crippen molar-refractivity contribution < 1.29 is 19.0 Å². The van der Waals surface area contributed by atoms with Crippen molar-refractivity contribution in [2.45, 2.75) is 89.6 Å². The Bertz CT molecular complexity index is 1300. The van der Waals surface area contributed by atoms with Gasteiger partial charge in [0, 0.05) is 46.7 Å². The molecular weight excluding hydrogens is 524 g/mol. The number of benzene rings is 1. The van der Waals surface area contributed by atoms with Crippen LogP contribution >= 0.6 is 23.4 Å². The Morgan fingerprint density at radius 2 is 1.84 bits per heavy atom. The Hall–Kier alpha value is -2.16. The van der Waals surface area contributed by atoms with Crippen LogP contribution in [0.25, 0.3) is 0 Å². The molecule has 1 aliphatic heterocycles. The van der Waals surface area contributed by atoms with Crippen LogP contribution in [0.4, 0.5) is 0 Å². The zero-order valence-electron chi connectivity index (χ0n) is 22.8. The molecule has 2 saturated carbocycles. The summed E-state index contributed by atoms with van der Waals surface area (Å²) < 4.78 is 19.0. The highest BCUT2D eigenvalue weighted by atomic mass is 35.5. The lowest BCUT2D eigenvalue weighted by Crippen LogP contribution is -2.45. The Morgan fingerprint density at radius 1 is 1.16 bits per heavy atom. The summed E-state index contributed by atoms with van der Waals surface area (Å²) in [5.41, 5.74) is 2.58. The summed E-state index contributed by atoms with van der Waals surface area (Å²) in [6.07, 6.45) is 8.59. The van der Waals surface area contributed by atoms with Gasteiger partial charge in [0.15, 0.2) is 11.5 Å². The molecule has 0 saturated heterocycles. The van der Waals surface area contributed by atoms with Gasteiger partial charge >= 0.3 is 0 Å². The summed E-state index contributed by atoms with van der Waals surface area (Å²) in [7, 11) is 0. The number of carbonyl (C=O) groups is 1. The number of hydrogen-bond acceptors (Lipinski definition) is 6. The van der Waals surface area contributed by atoms with E-state index in [2.05, 4.69) is 17.2 Å². The lowest BCUT2D eigenvalue weighted by atomic mass is 9.82. The first-order chi connectivity index (χ1) is 18.0. The molecule has 0 spiro atoms. The van der Waals surface area contributed by atoms with Crippen molar-refractivity contribution in [3.8, 4) is 11.5 Å². The molecule has 206 valence electrons. The lowest BCUT2D eigenvalue weighted by Gasteiger charge is -2.37. The smallest absolute Gasteiger partial charge is 0.254 e. The fourth-order valence-electron chi connectivity index (χ4n) is 5.48. The maximum Gasteiger partial charge on any atom is 0.254 e. The second-order valence-electron chi connectivity index (χ2n) is 11.5. The largest absolute Gasteiger partial charge is 0.448 e. The zero-order chi connectivity index (χ0) is 27.2. The van der Waals surface area contributed by atoms with Gasteiger partial charge in [0.05, 0.1) is 17.7 Å². The second kappa shape index (κ2) is 10.4. The van der Waals surface area contributed by atoms with Gasteiger partial charge in [0.1, 0.15) is 0 Å². The van der Waals surface area contributed by atoms with Crippen molar-refractivity contribution in [1.29, 1.82) is 0 Å². The number of hydrogen-bond donors (Lipinski definition) is 2. The minimum atomic E-state index is -0.846. The van der Waals surface area contributed by atoms with E-state index in [0.717, 1.165) is 42.9 Å². The van der Waals surface area contributed by atoms with Crippen LogP contribution in [0.5, 0.6) is 11.5 Å². The van der Waals surface area contributed by atoms with Crippen LogP contribution in [-0.4, -0.2) is 35.6 Å². The molecule has 1 atom stereocenters. The standard InChI is InChI=1S/C29H37ClN2O5S/c1-16-12-23(38-5)21(27(34)32-16)14-31-26(33)20-13-22(30)25-24(17(20)2)36-29(4,37-25)18-6-8-19(9-7-18)35-15-28(3)10-11-28/h12-13,18-19H,6-11,14-15H2,1-5H3,(H,31,33)(H,32,34). The van der Waals surface area contributed by atoms with E-state index < -0.39 is 5.79 Å². The van der Waals surface area contributed by atoms with Gasteiger partial charge < -0.3 is 24.5 Å². The van der Waals surface area contributed by atoms with Gasteiger partial charge in [-0.15, -0.1) is 11.8 Å². The van der Waals surface area contributed by atoms with Crippen LogP contribution in [0, 0.1) is 25.2 Å². The molecule has 1 aromatic carbocycles. The van der Waals surface area contributed by atoms with Crippen LogP contribution in [-0.2, 0) is 11.3 Å². The Labute approximate surface area is 233 Å². The molecule has 7 nitrogen and oxygen atoms in total. The molecule has 0 radical (unpaired) electrons. The highest BCUT2D eigenvalue weighted by molar-refractivity contribution is 7.98. The van der Waals surface area contributed by atoms with Crippen molar-refractivity contribution >= 4 is 29.3 Å². The molecule has 2 N–H and O–H groups in total. The van der Waals surface area contributed by atoms with Crippen molar-refractivity contribution in [2.24, 2.45) is 11.3 Å². The molecule has 2 fully saturated rings. The molecule has 1 amide bonds. The van der Waals surface area contributed by atoms with E-state index in [9.17, 15) is 9.59 Å². The summed E-state index contributed by atoms with van der Waals surface area (Å²) in [4.78, 5) is 29.3. The number of carbonyl (C=O) groups excluding carboxylic acids is 1. The third kappa shape index (κ3) is 5.45. The zero-order valence-corrected chi connectivity index (χ0v) is 24.4. The maximum absolute atomic E-state index is 13.2. The number of aromatic nitrogens is 1. The lowest BCUT2D eigenvalue weighted by molar-refractivity contribution is -0.131. The predicted octanol–water partition coefficient (Wildman–Crippen LogP) is 6.16. The molecule has 9 heteroatoms. The van der Waals surface area contributed by atoms with Crippen molar-refractivity contribution in [2.75, 3.05) is 12.9 Å². The first-order valence-corrected chi connectivity index (χ1v) is 15.0. The van der Waals surface area contributed by atoms with E-state index in [-0.39, 0.29) is 23.9 Å². The van der Waals surface area contributed by atoms with Crippen molar-refractivity contribution in [1.82, 2.24) is 10.3 Å². The van der Waals surface area contributed by atoms with Gasteiger partial charge in [0.25, 0.3) is 17.3 Å². The average Bonchev–Trinajstić information content (AvgIpc) is 3.51. The Balaban J connectivity index is 1.26. The Kier molecular flexibility index (Phi) is 7.52. The first kappa shape index (κ1) is 27.4. The molecule has 3 aliphatic rings. The number of halogens is 1. The van der Waals surface area contributed by atoms with E-state index in [1.165, 1.54) is 24.6 Å². The van der Waals surface area contributed by atoms with Crippen LogP contribution in [0.1, 0.15) is 79.6 Å². The fourth-order valence-corrected chi connectivity index (χ4v) is 6.42. The van der Waals surface area contributed by atoms with Crippen LogP contribution in [0.3, 0.4) is 0 Å². The molecule has 38 heavy (non-hydrogen) atoms. The van der Waals surface area contributed by atoms with Crippen molar-refractivity contribution in [3.05, 3.63) is 49.9 Å². The van der Waals surface area contributed by atoms with E-state index in [4.69, 9.17) is 25.8 Å². The minimum absolute atomic E-state index is 0.109. The molecule has 5 rings (SSSR count). The Morgan fingerprint density at radius 3 is 2.50 bits per heavy atom. The van der Waals surface area contributed by atoms with Gasteiger partial charge in [-0.25, -0.2) is 0 Å². The highest BCUT2D eigenvalue weighted by Gasteiger charge is 2.48. The number of thioether (sulfide) groups is 1. The second-order valence-corrected chi connectivity index (χ2v) is 12.8. The van der Waals surface area contributed by atoms with E-state index in [1.54, 1.807) is 6.07 Å². The predicted molar refractivity (Wildman–Crippen MR) is 150 cm³/mol. The van der Waals surface area contributed by atoms with Gasteiger partial charge in [-0.2, -0.15) is 0 Å². The molecule has 1 aromatic heterocycles. The quantitative estimate of drug-likeness (QED) is 0.376. The number of ether oxygens (including phenoxy) is 3. The van der Waals surface area contributed by atoms with Gasteiger partial charge in [-0.05, 0) is 76.2 Å². The maximum atomic E-state index is 13.2. The third-order valence-corrected chi connectivity index (χ3v) is 9.44. The van der Waals surface area contributed by atoms with Crippen LogP contribution < -0.4 is 20.3 Å². The highest BCUT2D eigenvalue weighted by Crippen LogP contribution is 2.52. The number of aromatic amines is 1. The minimum Gasteiger partial charge on any atom is -0.448 e. The van der Waals surface area contributed by atoms with Gasteiger partial charge in [-0.3, -0.25) is 9.59 Å². The number of fused-ring (bicyclic) bond motifs is 1. The van der Waals surface area contributed by atoms with Crippen molar-refractivity contribution in [3.63, 3.8) is 0 Å². The SMILES string of the molecule is CSc1cc(C)[nH]c(=O)c1CNC(=O)c1cc(Cl)c2c(c1C)OC(C)(C1CCC(OCC3(C)CC3)CC1)O2. The number of aryl methyl sites for hydroxylation is 1. The van der Waals surface area contributed by atoms with E-state index >= 15 is 0 Å². The average molecular weight is 561 g/mol. The van der Waals surface area contributed by atoms with Gasteiger partial charge in [0.2, 0.25) is 0 Å². The molecule has 0 bridgehead atoms. The molecule has 2 heterocycles. The summed E-state index contributed by atoms with van der Waals surface area (Å²) in [5, 5.41) is 3.22. The summed E-state index contributed by atoms with van der Waals surface area (Å²) in [6.45, 7) is 8.90. The summed E-state index contributed by atoms with van der Waals surface area (Å²) >= 11 is 8.09. The topological polar surface area (TPSA) is 89.7 Å². The molecule has 1 unspecified atom stereocenters. The summed E-state index contributed by atoms with van der Waals surface area (Å²) in [5.74, 6) is 0.0311. The monoisotopic (exact) mass is 560 g/mol. The third-order valence-electron chi connectivity index (χ3n) is 8.36. The molecule has 2 aromatic rings. The molecular formula is C29H37ClN2O5S. The van der Waals surface area contributed by atoms with Crippen LogP contribution in [0.2, 0.25) is 5.02 Å². The van der Waals surface area contributed by atoms with Crippen LogP contribution in [0.15, 0.2) is 21.8 Å². The number of rotatable bonds is 8. The van der Waals surface area contributed by atoms with Gasteiger partial charge in [-0.1, -0.05) is 18.5 Å². The normalized spacial score (nSPS) is 25.3. The number of amides is 1. The van der Waals surface area contributed by atoms with E-state index in [1.807, 2.05) is 33.1 Å². The fraction of sp³-hybridized carbons (Fsp3) is 0.586. The van der Waals surface area contributed by atoms with E-state index in [0.29, 0.717) is 44.7 Å². The first-order valence-electron chi connectivity index (χ1n) is 13.4. The number of H-pyrrole nitrogens is 1. The number of pyridine rings is 1. The number of nitrogens with one attached hydrogen (secondary N) is 2.